The van der Waals surface area contributed by atoms with Crippen LogP contribution in [-0.4, -0.2) is 31.6 Å². The highest BCUT2D eigenvalue weighted by atomic mass is 35.5. The minimum Gasteiger partial charge on any atom is -0.369 e. The maximum absolute atomic E-state index is 11.6. The van der Waals surface area contributed by atoms with Crippen molar-refractivity contribution in [2.75, 3.05) is 24.5 Å². The van der Waals surface area contributed by atoms with Gasteiger partial charge in [-0.1, -0.05) is 18.5 Å². The molecule has 5 heteroatoms. The summed E-state index contributed by atoms with van der Waals surface area (Å²) in [5.41, 5.74) is 6.87. The fraction of sp³-hybridized carbons (Fsp3) is 0.533. The van der Waals surface area contributed by atoms with Crippen molar-refractivity contribution in [1.29, 1.82) is 0 Å². The summed E-state index contributed by atoms with van der Waals surface area (Å²) in [7, 11) is 0. The van der Waals surface area contributed by atoms with E-state index in [1.807, 2.05) is 6.07 Å². The lowest BCUT2D eigenvalue weighted by Gasteiger charge is -2.29. The average Bonchev–Trinajstić information content (AvgIpc) is 2.90. The monoisotopic (exact) mass is 295 g/mol. The molecule has 0 aliphatic carbocycles. The lowest BCUT2D eigenvalue weighted by atomic mass is 10.1. The summed E-state index contributed by atoms with van der Waals surface area (Å²) in [5.74, 6) is -0.405. The average molecular weight is 296 g/mol. The number of anilines is 1. The molecule has 1 aromatic rings. The SMILES string of the molecule is CCCN(CC1CCCN1)c1cc(Cl)ccc1C(N)=O. The van der Waals surface area contributed by atoms with Gasteiger partial charge in [0.2, 0.25) is 0 Å². The Balaban J connectivity index is 2.26. The highest BCUT2D eigenvalue weighted by Crippen LogP contribution is 2.26. The van der Waals surface area contributed by atoms with Gasteiger partial charge in [-0.2, -0.15) is 0 Å². The molecule has 1 atom stereocenters. The van der Waals surface area contributed by atoms with Crippen molar-refractivity contribution in [3.05, 3.63) is 28.8 Å². The number of carbonyl (C=O) groups is 1. The molecule has 0 radical (unpaired) electrons. The van der Waals surface area contributed by atoms with E-state index in [0.717, 1.165) is 31.7 Å². The number of rotatable bonds is 6. The van der Waals surface area contributed by atoms with Gasteiger partial charge in [-0.15, -0.1) is 0 Å². The van der Waals surface area contributed by atoms with E-state index in [-0.39, 0.29) is 0 Å². The Morgan fingerprint density at radius 2 is 2.35 bits per heavy atom. The number of halogens is 1. The molecule has 0 aromatic heterocycles. The maximum atomic E-state index is 11.6. The molecular weight excluding hydrogens is 274 g/mol. The largest absolute Gasteiger partial charge is 0.369 e. The van der Waals surface area contributed by atoms with E-state index in [0.29, 0.717) is 16.6 Å². The Kier molecular flexibility index (Phi) is 5.26. The molecule has 2 rings (SSSR count). The predicted molar refractivity (Wildman–Crippen MR) is 83.5 cm³/mol. The van der Waals surface area contributed by atoms with Crippen molar-refractivity contribution in [2.24, 2.45) is 5.73 Å². The lowest BCUT2D eigenvalue weighted by Crippen LogP contribution is -2.39. The number of benzene rings is 1. The smallest absolute Gasteiger partial charge is 0.250 e. The molecule has 0 spiro atoms. The zero-order valence-electron chi connectivity index (χ0n) is 11.9. The molecule has 3 N–H and O–H groups in total. The van der Waals surface area contributed by atoms with Gasteiger partial charge in [-0.05, 0) is 44.0 Å². The molecule has 1 amide bonds. The number of hydrogen-bond donors (Lipinski definition) is 2. The van der Waals surface area contributed by atoms with Gasteiger partial charge in [0.15, 0.2) is 0 Å². The molecule has 1 heterocycles. The summed E-state index contributed by atoms with van der Waals surface area (Å²) < 4.78 is 0. The summed E-state index contributed by atoms with van der Waals surface area (Å²) in [4.78, 5) is 13.8. The van der Waals surface area contributed by atoms with Gasteiger partial charge in [-0.25, -0.2) is 0 Å². The summed E-state index contributed by atoms with van der Waals surface area (Å²) >= 11 is 6.09. The topological polar surface area (TPSA) is 58.4 Å². The number of amides is 1. The van der Waals surface area contributed by atoms with Gasteiger partial charge in [0.1, 0.15) is 0 Å². The Bertz CT molecular complexity index is 472. The van der Waals surface area contributed by atoms with Crippen LogP contribution in [-0.2, 0) is 0 Å². The Morgan fingerprint density at radius 1 is 1.55 bits per heavy atom. The van der Waals surface area contributed by atoms with Crippen molar-refractivity contribution in [2.45, 2.75) is 32.2 Å². The Hall–Kier alpha value is -1.26. The van der Waals surface area contributed by atoms with Gasteiger partial charge in [0.25, 0.3) is 5.91 Å². The van der Waals surface area contributed by atoms with Crippen molar-refractivity contribution >= 4 is 23.2 Å². The number of carbonyl (C=O) groups excluding carboxylic acids is 1. The Morgan fingerprint density at radius 3 is 2.95 bits per heavy atom. The minimum absolute atomic E-state index is 0.405. The van der Waals surface area contributed by atoms with Crippen LogP contribution in [0.2, 0.25) is 5.02 Å². The normalized spacial score (nSPS) is 18.2. The van der Waals surface area contributed by atoms with E-state index in [9.17, 15) is 4.79 Å². The molecule has 1 aromatic carbocycles. The molecule has 0 saturated carbocycles. The first-order valence-electron chi connectivity index (χ1n) is 7.19. The van der Waals surface area contributed by atoms with Crippen molar-refractivity contribution in [3.8, 4) is 0 Å². The fourth-order valence-electron chi connectivity index (χ4n) is 2.73. The molecular formula is C15H22ClN3O. The third-order valence-electron chi connectivity index (χ3n) is 3.66. The number of primary amides is 1. The summed E-state index contributed by atoms with van der Waals surface area (Å²) in [6, 6.07) is 5.74. The summed E-state index contributed by atoms with van der Waals surface area (Å²) in [5, 5.41) is 4.12. The van der Waals surface area contributed by atoms with E-state index < -0.39 is 5.91 Å². The predicted octanol–water partition coefficient (Wildman–Crippen LogP) is 2.41. The molecule has 1 saturated heterocycles. The van der Waals surface area contributed by atoms with Crippen molar-refractivity contribution in [3.63, 3.8) is 0 Å². The molecule has 1 fully saturated rings. The number of nitrogens with zero attached hydrogens (tertiary/aromatic N) is 1. The number of hydrogen-bond acceptors (Lipinski definition) is 3. The quantitative estimate of drug-likeness (QED) is 0.847. The second kappa shape index (κ2) is 6.95. The maximum Gasteiger partial charge on any atom is 0.250 e. The first-order chi connectivity index (χ1) is 9.61. The molecule has 20 heavy (non-hydrogen) atoms. The molecule has 110 valence electrons. The van der Waals surface area contributed by atoms with Crippen LogP contribution >= 0.6 is 11.6 Å². The van der Waals surface area contributed by atoms with Crippen LogP contribution < -0.4 is 16.0 Å². The van der Waals surface area contributed by atoms with Gasteiger partial charge in [0.05, 0.1) is 11.3 Å². The minimum atomic E-state index is -0.405. The summed E-state index contributed by atoms with van der Waals surface area (Å²) in [6.07, 6.45) is 3.40. The second-order valence-corrected chi connectivity index (χ2v) is 5.70. The fourth-order valence-corrected chi connectivity index (χ4v) is 2.90. The third-order valence-corrected chi connectivity index (χ3v) is 3.90. The molecule has 1 aliphatic heterocycles. The van der Waals surface area contributed by atoms with Gasteiger partial charge in [-0.3, -0.25) is 4.79 Å². The molecule has 1 aliphatic rings. The van der Waals surface area contributed by atoms with E-state index >= 15 is 0 Å². The van der Waals surface area contributed by atoms with Crippen LogP contribution in [0.15, 0.2) is 18.2 Å². The second-order valence-electron chi connectivity index (χ2n) is 5.27. The molecule has 4 nitrogen and oxygen atoms in total. The Labute approximate surface area is 125 Å². The van der Waals surface area contributed by atoms with Crippen molar-refractivity contribution in [1.82, 2.24) is 5.32 Å². The molecule has 0 bridgehead atoms. The first-order valence-corrected chi connectivity index (χ1v) is 7.57. The van der Waals surface area contributed by atoms with E-state index in [1.165, 1.54) is 12.8 Å². The standard InChI is InChI=1S/C15H22ClN3O/c1-2-8-19(10-12-4-3-7-18-12)14-9-11(16)5-6-13(14)15(17)20/h5-6,9,12,18H,2-4,7-8,10H2,1H3,(H2,17,20). The zero-order valence-corrected chi connectivity index (χ0v) is 12.6. The molecule has 1 unspecified atom stereocenters. The van der Waals surface area contributed by atoms with Crippen LogP contribution in [0.25, 0.3) is 0 Å². The van der Waals surface area contributed by atoms with Gasteiger partial charge < -0.3 is 16.0 Å². The summed E-state index contributed by atoms with van der Waals surface area (Å²) in [6.45, 7) is 4.97. The zero-order chi connectivity index (χ0) is 14.5. The van der Waals surface area contributed by atoms with Gasteiger partial charge in [0, 0.05) is 24.2 Å². The van der Waals surface area contributed by atoms with Crippen LogP contribution in [0.4, 0.5) is 5.69 Å². The van der Waals surface area contributed by atoms with Crippen LogP contribution in [0.5, 0.6) is 0 Å². The van der Waals surface area contributed by atoms with E-state index in [4.69, 9.17) is 17.3 Å². The van der Waals surface area contributed by atoms with E-state index in [1.54, 1.807) is 12.1 Å². The van der Waals surface area contributed by atoms with Gasteiger partial charge >= 0.3 is 0 Å². The number of nitrogens with one attached hydrogen (secondary N) is 1. The lowest BCUT2D eigenvalue weighted by molar-refractivity contribution is 0.100. The first kappa shape index (κ1) is 15.1. The number of nitrogens with two attached hydrogens (primary N) is 1. The highest BCUT2D eigenvalue weighted by Gasteiger charge is 2.21. The third kappa shape index (κ3) is 3.64. The van der Waals surface area contributed by atoms with Crippen LogP contribution in [0.1, 0.15) is 36.5 Å². The highest BCUT2D eigenvalue weighted by molar-refractivity contribution is 6.31. The van der Waals surface area contributed by atoms with E-state index in [2.05, 4.69) is 17.1 Å². The van der Waals surface area contributed by atoms with Crippen LogP contribution in [0.3, 0.4) is 0 Å². The van der Waals surface area contributed by atoms with Crippen molar-refractivity contribution < 1.29 is 4.79 Å². The van der Waals surface area contributed by atoms with Crippen LogP contribution in [0, 0.1) is 0 Å².